The van der Waals surface area contributed by atoms with Gasteiger partial charge in [-0.3, -0.25) is 0 Å². The van der Waals surface area contributed by atoms with E-state index in [1.807, 2.05) is 0 Å². The van der Waals surface area contributed by atoms with Gasteiger partial charge in [-0.1, -0.05) is 19.9 Å². The quantitative estimate of drug-likeness (QED) is 0.849. The molecule has 20 heavy (non-hydrogen) atoms. The second kappa shape index (κ2) is 7.20. The standard InChI is InChI=1S/C15H20BrN3S/c1-11(2)17-8-13-5-4-6-15(18-13)19(3)9-14-7-12(16)10-20-14/h4-7,10-11,17H,8-9H2,1-3H3. The number of anilines is 1. The Bertz CT molecular complexity index is 554. The number of halogens is 1. The van der Waals surface area contributed by atoms with E-state index in [-0.39, 0.29) is 0 Å². The number of rotatable bonds is 6. The number of thiophene rings is 1. The summed E-state index contributed by atoms with van der Waals surface area (Å²) in [6.07, 6.45) is 0. The number of aromatic nitrogens is 1. The van der Waals surface area contributed by atoms with E-state index in [1.54, 1.807) is 11.3 Å². The molecule has 0 spiro atoms. The smallest absolute Gasteiger partial charge is 0.128 e. The van der Waals surface area contributed by atoms with Gasteiger partial charge in [0.25, 0.3) is 0 Å². The van der Waals surface area contributed by atoms with Crippen LogP contribution in [0.25, 0.3) is 0 Å². The summed E-state index contributed by atoms with van der Waals surface area (Å²) in [5.41, 5.74) is 1.08. The van der Waals surface area contributed by atoms with Gasteiger partial charge in [0, 0.05) is 34.4 Å². The Morgan fingerprint density at radius 2 is 2.20 bits per heavy atom. The van der Waals surface area contributed by atoms with Crippen molar-refractivity contribution in [2.75, 3.05) is 11.9 Å². The summed E-state index contributed by atoms with van der Waals surface area (Å²) in [7, 11) is 2.08. The van der Waals surface area contributed by atoms with Crippen molar-refractivity contribution in [3.63, 3.8) is 0 Å². The molecule has 2 aromatic heterocycles. The predicted octanol–water partition coefficient (Wildman–Crippen LogP) is 4.04. The molecular formula is C15H20BrN3S. The molecule has 0 aliphatic rings. The zero-order valence-electron chi connectivity index (χ0n) is 12.1. The Balaban J connectivity index is 2.02. The van der Waals surface area contributed by atoms with Crippen molar-refractivity contribution in [3.8, 4) is 0 Å². The molecule has 1 N–H and O–H groups in total. The zero-order valence-corrected chi connectivity index (χ0v) is 14.5. The molecular weight excluding hydrogens is 334 g/mol. The third-order valence-electron chi connectivity index (χ3n) is 2.89. The highest BCUT2D eigenvalue weighted by Crippen LogP contribution is 2.22. The van der Waals surface area contributed by atoms with Gasteiger partial charge in [0.15, 0.2) is 0 Å². The van der Waals surface area contributed by atoms with E-state index in [0.717, 1.165) is 29.1 Å². The van der Waals surface area contributed by atoms with E-state index in [4.69, 9.17) is 4.98 Å². The highest BCUT2D eigenvalue weighted by Gasteiger charge is 2.06. The second-order valence-corrected chi connectivity index (χ2v) is 7.02. The predicted molar refractivity (Wildman–Crippen MR) is 90.3 cm³/mol. The SMILES string of the molecule is CC(C)NCc1cccc(N(C)Cc2cc(Br)cs2)n1. The van der Waals surface area contributed by atoms with Gasteiger partial charge in [0.05, 0.1) is 12.2 Å². The van der Waals surface area contributed by atoms with Crippen molar-refractivity contribution in [1.29, 1.82) is 0 Å². The average molecular weight is 354 g/mol. The molecule has 0 radical (unpaired) electrons. The fourth-order valence-corrected chi connectivity index (χ4v) is 3.34. The maximum absolute atomic E-state index is 4.70. The summed E-state index contributed by atoms with van der Waals surface area (Å²) in [4.78, 5) is 8.21. The van der Waals surface area contributed by atoms with Crippen molar-refractivity contribution >= 4 is 33.1 Å². The van der Waals surface area contributed by atoms with Crippen molar-refractivity contribution in [2.24, 2.45) is 0 Å². The van der Waals surface area contributed by atoms with Gasteiger partial charge >= 0.3 is 0 Å². The maximum atomic E-state index is 4.70. The molecule has 3 nitrogen and oxygen atoms in total. The van der Waals surface area contributed by atoms with Crippen LogP contribution in [0.1, 0.15) is 24.4 Å². The Labute approximate surface area is 133 Å². The normalized spacial score (nSPS) is 11.1. The van der Waals surface area contributed by atoms with Gasteiger partial charge in [0.1, 0.15) is 5.82 Å². The summed E-state index contributed by atoms with van der Waals surface area (Å²) in [5.74, 6) is 1.01. The van der Waals surface area contributed by atoms with Gasteiger partial charge < -0.3 is 10.2 Å². The van der Waals surface area contributed by atoms with Crippen LogP contribution in [-0.4, -0.2) is 18.1 Å². The first-order valence-electron chi connectivity index (χ1n) is 6.68. The number of nitrogens with zero attached hydrogens (tertiary/aromatic N) is 2. The number of hydrogen-bond donors (Lipinski definition) is 1. The Morgan fingerprint density at radius 1 is 1.40 bits per heavy atom. The summed E-state index contributed by atoms with van der Waals surface area (Å²) < 4.78 is 1.15. The number of nitrogens with one attached hydrogen (secondary N) is 1. The molecule has 0 fully saturated rings. The Kier molecular flexibility index (Phi) is 5.57. The first kappa shape index (κ1) is 15.5. The van der Waals surface area contributed by atoms with Gasteiger partial charge in [0.2, 0.25) is 0 Å². The Morgan fingerprint density at radius 3 is 2.85 bits per heavy atom. The minimum absolute atomic E-state index is 0.474. The third kappa shape index (κ3) is 4.58. The third-order valence-corrected chi connectivity index (χ3v) is 4.57. The van der Waals surface area contributed by atoms with Gasteiger partial charge in [-0.2, -0.15) is 0 Å². The maximum Gasteiger partial charge on any atom is 0.128 e. The van der Waals surface area contributed by atoms with E-state index in [0.29, 0.717) is 6.04 Å². The number of hydrogen-bond acceptors (Lipinski definition) is 4. The van der Waals surface area contributed by atoms with Gasteiger partial charge in [-0.05, 0) is 34.1 Å². The van der Waals surface area contributed by atoms with Crippen molar-refractivity contribution in [2.45, 2.75) is 33.0 Å². The molecule has 0 amide bonds. The van der Waals surface area contributed by atoms with Crippen LogP contribution in [0.5, 0.6) is 0 Å². The molecule has 2 aromatic rings. The van der Waals surface area contributed by atoms with Crippen LogP contribution in [0.2, 0.25) is 0 Å². The lowest BCUT2D eigenvalue weighted by Crippen LogP contribution is -2.23. The highest BCUT2D eigenvalue weighted by atomic mass is 79.9. The van der Waals surface area contributed by atoms with Crippen molar-refractivity contribution < 1.29 is 0 Å². The molecule has 108 valence electrons. The lowest BCUT2D eigenvalue weighted by atomic mass is 10.3. The first-order valence-corrected chi connectivity index (χ1v) is 8.35. The van der Waals surface area contributed by atoms with E-state index in [1.165, 1.54) is 4.88 Å². The summed E-state index contributed by atoms with van der Waals surface area (Å²) in [6.45, 7) is 5.98. The van der Waals surface area contributed by atoms with Crippen LogP contribution < -0.4 is 10.2 Å². The minimum atomic E-state index is 0.474. The summed E-state index contributed by atoms with van der Waals surface area (Å²) in [6, 6.07) is 8.82. The minimum Gasteiger partial charge on any atom is -0.355 e. The van der Waals surface area contributed by atoms with E-state index in [2.05, 4.69) is 76.7 Å². The van der Waals surface area contributed by atoms with Crippen LogP contribution in [0.4, 0.5) is 5.82 Å². The fourth-order valence-electron chi connectivity index (χ4n) is 1.84. The van der Waals surface area contributed by atoms with Gasteiger partial charge in [-0.15, -0.1) is 11.3 Å². The Hall–Kier alpha value is -0.910. The highest BCUT2D eigenvalue weighted by molar-refractivity contribution is 9.10. The molecule has 0 saturated heterocycles. The van der Waals surface area contributed by atoms with Crippen LogP contribution in [-0.2, 0) is 13.1 Å². The lowest BCUT2D eigenvalue weighted by molar-refractivity contribution is 0.581. The second-order valence-electron chi connectivity index (χ2n) is 5.11. The molecule has 0 atom stereocenters. The molecule has 0 aliphatic heterocycles. The fraction of sp³-hybridized carbons (Fsp3) is 0.400. The summed E-state index contributed by atoms with van der Waals surface area (Å²) in [5, 5.41) is 5.51. The molecule has 0 aliphatic carbocycles. The molecule has 0 unspecified atom stereocenters. The topological polar surface area (TPSA) is 28.2 Å². The van der Waals surface area contributed by atoms with Crippen LogP contribution in [0.15, 0.2) is 34.1 Å². The lowest BCUT2D eigenvalue weighted by Gasteiger charge is -2.18. The molecule has 5 heteroatoms. The monoisotopic (exact) mass is 353 g/mol. The molecule has 0 saturated carbocycles. The van der Waals surface area contributed by atoms with Crippen LogP contribution >= 0.6 is 27.3 Å². The average Bonchev–Trinajstić information content (AvgIpc) is 2.82. The molecule has 0 bridgehead atoms. The van der Waals surface area contributed by atoms with Crippen LogP contribution in [0.3, 0.4) is 0 Å². The largest absolute Gasteiger partial charge is 0.355 e. The van der Waals surface area contributed by atoms with Gasteiger partial charge in [-0.25, -0.2) is 4.98 Å². The van der Waals surface area contributed by atoms with Crippen molar-refractivity contribution in [3.05, 3.63) is 44.7 Å². The van der Waals surface area contributed by atoms with Crippen LogP contribution in [0, 0.1) is 0 Å². The van der Waals surface area contributed by atoms with Crippen molar-refractivity contribution in [1.82, 2.24) is 10.3 Å². The molecule has 2 heterocycles. The molecule has 2 rings (SSSR count). The number of pyridine rings is 1. The van der Waals surface area contributed by atoms with E-state index < -0.39 is 0 Å². The zero-order chi connectivity index (χ0) is 14.5. The van der Waals surface area contributed by atoms with E-state index in [9.17, 15) is 0 Å². The summed E-state index contributed by atoms with van der Waals surface area (Å²) >= 11 is 5.25. The van der Waals surface area contributed by atoms with E-state index >= 15 is 0 Å². The molecule has 0 aromatic carbocycles. The first-order chi connectivity index (χ1) is 9.54.